The summed E-state index contributed by atoms with van der Waals surface area (Å²) >= 11 is 1.99. The Kier molecular flexibility index (Phi) is 4.75. The van der Waals surface area contributed by atoms with Crippen LogP contribution in [0.5, 0.6) is 0 Å². The highest BCUT2D eigenvalue weighted by Gasteiger charge is 2.14. The Morgan fingerprint density at radius 2 is 2.17 bits per heavy atom. The van der Waals surface area contributed by atoms with Crippen molar-refractivity contribution < 1.29 is 4.79 Å². The van der Waals surface area contributed by atoms with Gasteiger partial charge in [0.1, 0.15) is 0 Å². The van der Waals surface area contributed by atoms with Crippen molar-refractivity contribution in [3.63, 3.8) is 0 Å². The number of carbonyl (C=O) groups is 1. The van der Waals surface area contributed by atoms with Gasteiger partial charge in [0.25, 0.3) is 0 Å². The number of nitrogens with two attached hydrogens (primary N) is 1. The van der Waals surface area contributed by atoms with E-state index >= 15 is 0 Å². The van der Waals surface area contributed by atoms with E-state index in [0.717, 1.165) is 12.2 Å². The fraction of sp³-hybridized carbons (Fsp3) is 0.462. The van der Waals surface area contributed by atoms with E-state index in [4.69, 9.17) is 5.73 Å². The van der Waals surface area contributed by atoms with E-state index in [-0.39, 0.29) is 6.03 Å². The molecule has 0 radical (unpaired) electrons. The van der Waals surface area contributed by atoms with Crippen molar-refractivity contribution in [2.24, 2.45) is 5.92 Å². The number of urea groups is 1. The van der Waals surface area contributed by atoms with Crippen molar-refractivity contribution in [1.29, 1.82) is 0 Å². The van der Waals surface area contributed by atoms with Gasteiger partial charge in [0.05, 0.1) is 0 Å². The molecule has 1 fully saturated rings. The van der Waals surface area contributed by atoms with Crippen LogP contribution in [-0.2, 0) is 0 Å². The molecule has 0 atom stereocenters. The minimum atomic E-state index is -0.154. The normalized spacial score (nSPS) is 16.2. The fourth-order valence-corrected chi connectivity index (χ4v) is 3.18. The van der Waals surface area contributed by atoms with Gasteiger partial charge in [-0.05, 0) is 48.5 Å². The van der Waals surface area contributed by atoms with Gasteiger partial charge < -0.3 is 16.4 Å². The number of nitrogen functional groups attached to an aromatic ring is 1. The van der Waals surface area contributed by atoms with Gasteiger partial charge in [-0.3, -0.25) is 0 Å². The lowest BCUT2D eigenvalue weighted by Crippen LogP contribution is -2.34. The maximum atomic E-state index is 11.7. The molecule has 0 aliphatic carbocycles. The molecule has 1 aliphatic heterocycles. The van der Waals surface area contributed by atoms with Crippen LogP contribution in [0.2, 0.25) is 0 Å². The average molecular weight is 265 g/mol. The van der Waals surface area contributed by atoms with E-state index in [0.29, 0.717) is 11.6 Å². The smallest absolute Gasteiger partial charge is 0.319 e. The van der Waals surface area contributed by atoms with E-state index in [1.54, 1.807) is 12.1 Å². The van der Waals surface area contributed by atoms with Crippen molar-refractivity contribution in [2.75, 3.05) is 29.1 Å². The molecule has 0 unspecified atom stereocenters. The van der Waals surface area contributed by atoms with Crippen molar-refractivity contribution >= 4 is 29.2 Å². The Morgan fingerprint density at radius 1 is 1.39 bits per heavy atom. The van der Waals surface area contributed by atoms with Gasteiger partial charge in [-0.2, -0.15) is 11.8 Å². The monoisotopic (exact) mass is 265 g/mol. The first kappa shape index (κ1) is 13.1. The van der Waals surface area contributed by atoms with Crippen LogP contribution in [0.25, 0.3) is 0 Å². The second kappa shape index (κ2) is 6.54. The second-order valence-corrected chi connectivity index (χ2v) is 5.74. The number of amides is 2. The van der Waals surface area contributed by atoms with Crippen LogP contribution in [0.4, 0.5) is 16.2 Å². The van der Waals surface area contributed by atoms with Gasteiger partial charge in [0.2, 0.25) is 0 Å². The number of thioether (sulfide) groups is 1. The molecule has 1 heterocycles. The highest BCUT2D eigenvalue weighted by Crippen LogP contribution is 2.21. The third-order valence-electron chi connectivity index (χ3n) is 3.04. The predicted octanol–water partition coefficient (Wildman–Crippen LogP) is 2.53. The SMILES string of the molecule is Nc1cccc(NC(=O)NCC2CCSCC2)c1. The Bertz CT molecular complexity index is 405. The third-order valence-corrected chi connectivity index (χ3v) is 4.09. The standard InChI is InChI=1S/C13H19N3OS/c14-11-2-1-3-12(8-11)16-13(17)15-9-10-4-6-18-7-5-10/h1-3,8,10H,4-7,9,14H2,(H2,15,16,17). The summed E-state index contributed by atoms with van der Waals surface area (Å²) in [7, 11) is 0. The van der Waals surface area contributed by atoms with Crippen LogP contribution in [0.1, 0.15) is 12.8 Å². The maximum absolute atomic E-state index is 11.7. The maximum Gasteiger partial charge on any atom is 0.319 e. The zero-order valence-corrected chi connectivity index (χ0v) is 11.1. The molecule has 2 rings (SSSR count). The molecule has 18 heavy (non-hydrogen) atoms. The summed E-state index contributed by atoms with van der Waals surface area (Å²) in [5.41, 5.74) is 7.03. The number of hydrogen-bond donors (Lipinski definition) is 3. The molecule has 0 aromatic heterocycles. The summed E-state index contributed by atoms with van der Waals surface area (Å²) in [5, 5.41) is 5.71. The zero-order chi connectivity index (χ0) is 12.8. The Balaban J connectivity index is 1.74. The lowest BCUT2D eigenvalue weighted by Gasteiger charge is -2.21. The summed E-state index contributed by atoms with van der Waals surface area (Å²) in [6.07, 6.45) is 2.40. The first-order chi connectivity index (χ1) is 8.74. The molecule has 0 spiro atoms. The molecule has 0 bridgehead atoms. The molecular formula is C13H19N3OS. The molecule has 2 amide bonds. The molecule has 98 valence electrons. The molecule has 1 aromatic carbocycles. The Morgan fingerprint density at radius 3 is 2.89 bits per heavy atom. The first-order valence-electron chi connectivity index (χ1n) is 6.22. The highest BCUT2D eigenvalue weighted by atomic mass is 32.2. The minimum Gasteiger partial charge on any atom is -0.399 e. The summed E-state index contributed by atoms with van der Waals surface area (Å²) in [4.78, 5) is 11.7. The third kappa shape index (κ3) is 4.14. The number of rotatable bonds is 3. The van der Waals surface area contributed by atoms with E-state index in [1.807, 2.05) is 23.9 Å². The average Bonchev–Trinajstić information content (AvgIpc) is 2.38. The van der Waals surface area contributed by atoms with Gasteiger partial charge in [-0.15, -0.1) is 0 Å². The Labute approximate surface area is 112 Å². The van der Waals surface area contributed by atoms with Crippen LogP contribution in [0, 0.1) is 5.92 Å². The zero-order valence-electron chi connectivity index (χ0n) is 10.3. The lowest BCUT2D eigenvalue weighted by molar-refractivity contribution is 0.249. The molecule has 5 heteroatoms. The van der Waals surface area contributed by atoms with Gasteiger partial charge in [0, 0.05) is 17.9 Å². The molecule has 4 N–H and O–H groups in total. The quantitative estimate of drug-likeness (QED) is 0.736. The van der Waals surface area contributed by atoms with Gasteiger partial charge in [0.15, 0.2) is 0 Å². The van der Waals surface area contributed by atoms with Gasteiger partial charge in [-0.1, -0.05) is 6.07 Å². The number of anilines is 2. The molecule has 1 aliphatic rings. The van der Waals surface area contributed by atoms with Crippen molar-refractivity contribution in [3.05, 3.63) is 24.3 Å². The second-order valence-electron chi connectivity index (χ2n) is 4.52. The molecule has 1 aromatic rings. The molecular weight excluding hydrogens is 246 g/mol. The highest BCUT2D eigenvalue weighted by molar-refractivity contribution is 7.99. The summed E-state index contributed by atoms with van der Waals surface area (Å²) in [6.45, 7) is 0.759. The van der Waals surface area contributed by atoms with Crippen molar-refractivity contribution in [1.82, 2.24) is 5.32 Å². The van der Waals surface area contributed by atoms with Crippen molar-refractivity contribution in [2.45, 2.75) is 12.8 Å². The number of hydrogen-bond acceptors (Lipinski definition) is 3. The van der Waals surface area contributed by atoms with Crippen molar-refractivity contribution in [3.8, 4) is 0 Å². The molecule has 0 saturated carbocycles. The van der Waals surface area contributed by atoms with E-state index < -0.39 is 0 Å². The van der Waals surface area contributed by atoms with Crippen LogP contribution in [0.3, 0.4) is 0 Å². The Hall–Kier alpha value is -1.36. The number of benzene rings is 1. The van der Waals surface area contributed by atoms with E-state index in [9.17, 15) is 4.79 Å². The summed E-state index contributed by atoms with van der Waals surface area (Å²) in [5.74, 6) is 3.05. The fourth-order valence-electron chi connectivity index (χ4n) is 1.98. The first-order valence-corrected chi connectivity index (χ1v) is 7.37. The summed E-state index contributed by atoms with van der Waals surface area (Å²) < 4.78 is 0. The van der Waals surface area contributed by atoms with Crippen LogP contribution in [-0.4, -0.2) is 24.1 Å². The summed E-state index contributed by atoms with van der Waals surface area (Å²) in [6, 6.07) is 7.04. The van der Waals surface area contributed by atoms with E-state index in [2.05, 4.69) is 10.6 Å². The predicted molar refractivity (Wildman–Crippen MR) is 77.9 cm³/mol. The van der Waals surface area contributed by atoms with Gasteiger partial charge >= 0.3 is 6.03 Å². The topological polar surface area (TPSA) is 67.1 Å². The lowest BCUT2D eigenvalue weighted by atomic mass is 10.0. The van der Waals surface area contributed by atoms with Crippen LogP contribution >= 0.6 is 11.8 Å². The molecule has 4 nitrogen and oxygen atoms in total. The van der Waals surface area contributed by atoms with Crippen LogP contribution < -0.4 is 16.4 Å². The van der Waals surface area contributed by atoms with E-state index in [1.165, 1.54) is 24.3 Å². The van der Waals surface area contributed by atoms with Gasteiger partial charge in [-0.25, -0.2) is 4.79 Å². The largest absolute Gasteiger partial charge is 0.399 e. The van der Waals surface area contributed by atoms with Crippen LogP contribution in [0.15, 0.2) is 24.3 Å². The minimum absolute atomic E-state index is 0.154. The number of carbonyl (C=O) groups excluding carboxylic acids is 1. The number of nitrogens with one attached hydrogen (secondary N) is 2. The molecule has 1 saturated heterocycles.